The maximum absolute atomic E-state index is 11.0. The molecule has 0 radical (unpaired) electrons. The van der Waals surface area contributed by atoms with Crippen LogP contribution >= 0.6 is 22.6 Å². The average molecular weight is 285 g/mol. The smallest absolute Gasteiger partial charge is 0.236 e. The Labute approximate surface area is 86.6 Å². The van der Waals surface area contributed by atoms with Gasteiger partial charge in [0.15, 0.2) is 0 Å². The van der Waals surface area contributed by atoms with E-state index < -0.39 is 6.04 Å². The minimum atomic E-state index is -0.463. The fourth-order valence-corrected chi connectivity index (χ4v) is 0.767. The Morgan fingerprint density at radius 2 is 2.25 bits per heavy atom. The highest BCUT2D eigenvalue weighted by Gasteiger charge is 2.18. The fourth-order valence-electron chi connectivity index (χ4n) is 0.497. The third-order valence-corrected chi connectivity index (χ3v) is 3.13. The van der Waals surface area contributed by atoms with Crippen LogP contribution < -0.4 is 16.8 Å². The molecular formula is C7H16IN3O. The van der Waals surface area contributed by atoms with Gasteiger partial charge in [-0.15, -0.1) is 0 Å². The summed E-state index contributed by atoms with van der Waals surface area (Å²) in [6, 6.07) is -0.463. The predicted molar refractivity (Wildman–Crippen MR) is 58.1 cm³/mol. The van der Waals surface area contributed by atoms with Crippen molar-refractivity contribution in [1.29, 1.82) is 0 Å². The average Bonchev–Trinajstić information content (AvgIpc) is 2.00. The van der Waals surface area contributed by atoms with Crippen molar-refractivity contribution in [1.82, 2.24) is 5.32 Å². The lowest BCUT2D eigenvalue weighted by Gasteiger charge is -2.22. The van der Waals surface area contributed by atoms with Gasteiger partial charge in [0.05, 0.1) is 6.04 Å². The second-order valence-electron chi connectivity index (χ2n) is 3.29. The number of halogens is 1. The monoisotopic (exact) mass is 285 g/mol. The van der Waals surface area contributed by atoms with Crippen molar-refractivity contribution in [3.8, 4) is 0 Å². The molecular weight excluding hydrogens is 269 g/mol. The summed E-state index contributed by atoms with van der Waals surface area (Å²) in [7, 11) is 0. The van der Waals surface area contributed by atoms with Crippen LogP contribution in [0.3, 0.4) is 0 Å². The zero-order valence-corrected chi connectivity index (χ0v) is 9.59. The lowest BCUT2D eigenvalue weighted by atomic mass is 10.1. The lowest BCUT2D eigenvalue weighted by molar-refractivity contribution is -0.122. The van der Waals surface area contributed by atoms with Gasteiger partial charge in [-0.2, -0.15) is 0 Å². The molecule has 0 aromatic carbocycles. The molecule has 72 valence electrons. The molecule has 1 amide bonds. The Bertz CT molecular complexity index is 159. The zero-order chi connectivity index (χ0) is 9.78. The molecule has 1 unspecified atom stereocenters. The molecule has 0 rings (SSSR count). The maximum atomic E-state index is 11.0. The quantitative estimate of drug-likeness (QED) is 0.486. The minimum Gasteiger partial charge on any atom is -0.353 e. The third kappa shape index (κ3) is 4.89. The van der Waals surface area contributed by atoms with Crippen molar-refractivity contribution in [2.45, 2.75) is 25.4 Å². The summed E-state index contributed by atoms with van der Waals surface area (Å²) in [5.74, 6) is -0.156. The molecule has 0 aliphatic heterocycles. The summed E-state index contributed by atoms with van der Waals surface area (Å²) in [6.45, 7) is 4.00. The van der Waals surface area contributed by atoms with Crippen LogP contribution in [0.4, 0.5) is 0 Å². The van der Waals surface area contributed by atoms with Crippen LogP contribution in [0, 0.1) is 0 Å². The molecule has 0 aliphatic rings. The van der Waals surface area contributed by atoms with Gasteiger partial charge in [-0.1, -0.05) is 22.6 Å². The standard InChI is InChI=1S/C7H16IN3O/c1-5(9)6(12)11-4-7(2,10)3-8/h5H,3-4,9-10H2,1-2H3,(H,11,12)/t5-,7?/m1/s1. The Hall–Kier alpha value is 0.120. The summed E-state index contributed by atoms with van der Waals surface area (Å²) in [6.07, 6.45) is 0. The molecule has 0 fully saturated rings. The van der Waals surface area contributed by atoms with Crippen LogP contribution in [-0.2, 0) is 4.79 Å². The van der Waals surface area contributed by atoms with E-state index in [-0.39, 0.29) is 11.4 Å². The van der Waals surface area contributed by atoms with E-state index in [9.17, 15) is 4.79 Å². The molecule has 2 atom stereocenters. The van der Waals surface area contributed by atoms with Gasteiger partial charge >= 0.3 is 0 Å². The summed E-state index contributed by atoms with van der Waals surface area (Å²) >= 11 is 2.19. The number of hydrogen-bond donors (Lipinski definition) is 3. The largest absolute Gasteiger partial charge is 0.353 e. The number of carbonyl (C=O) groups excluding carboxylic acids is 1. The summed E-state index contributed by atoms with van der Waals surface area (Å²) in [5.41, 5.74) is 10.8. The lowest BCUT2D eigenvalue weighted by Crippen LogP contribution is -2.51. The molecule has 5 heteroatoms. The van der Waals surface area contributed by atoms with Crippen molar-refractivity contribution in [2.24, 2.45) is 11.5 Å². The van der Waals surface area contributed by atoms with Crippen LogP contribution in [0.1, 0.15) is 13.8 Å². The molecule has 0 saturated carbocycles. The van der Waals surface area contributed by atoms with E-state index in [1.165, 1.54) is 0 Å². The third-order valence-electron chi connectivity index (χ3n) is 1.39. The van der Waals surface area contributed by atoms with E-state index in [1.54, 1.807) is 6.92 Å². The van der Waals surface area contributed by atoms with Gasteiger partial charge < -0.3 is 16.8 Å². The van der Waals surface area contributed by atoms with E-state index in [0.717, 1.165) is 4.43 Å². The van der Waals surface area contributed by atoms with Crippen LogP contribution in [-0.4, -0.2) is 28.5 Å². The van der Waals surface area contributed by atoms with Crippen molar-refractivity contribution in [3.05, 3.63) is 0 Å². The number of nitrogens with one attached hydrogen (secondary N) is 1. The minimum absolute atomic E-state index is 0.156. The summed E-state index contributed by atoms with van der Waals surface area (Å²) in [4.78, 5) is 11.0. The first kappa shape index (κ1) is 12.1. The van der Waals surface area contributed by atoms with Crippen molar-refractivity contribution in [3.63, 3.8) is 0 Å². The van der Waals surface area contributed by atoms with Crippen LogP contribution in [0.25, 0.3) is 0 Å². The second kappa shape index (κ2) is 4.98. The molecule has 12 heavy (non-hydrogen) atoms. The Morgan fingerprint density at radius 3 is 2.58 bits per heavy atom. The Kier molecular flexibility index (Phi) is 5.03. The van der Waals surface area contributed by atoms with Crippen LogP contribution in [0.5, 0.6) is 0 Å². The summed E-state index contributed by atoms with van der Waals surface area (Å²) < 4.78 is 0.796. The van der Waals surface area contributed by atoms with Crippen molar-refractivity contribution in [2.75, 3.05) is 11.0 Å². The van der Waals surface area contributed by atoms with Crippen LogP contribution in [0.15, 0.2) is 0 Å². The van der Waals surface area contributed by atoms with E-state index in [1.807, 2.05) is 6.92 Å². The van der Waals surface area contributed by atoms with Crippen molar-refractivity contribution < 1.29 is 4.79 Å². The van der Waals surface area contributed by atoms with Gasteiger partial charge in [-0.25, -0.2) is 0 Å². The molecule has 5 N–H and O–H groups in total. The van der Waals surface area contributed by atoms with Gasteiger partial charge in [0.25, 0.3) is 0 Å². The number of rotatable bonds is 4. The van der Waals surface area contributed by atoms with E-state index in [2.05, 4.69) is 27.9 Å². The van der Waals surface area contributed by atoms with E-state index in [4.69, 9.17) is 11.5 Å². The van der Waals surface area contributed by atoms with Crippen molar-refractivity contribution >= 4 is 28.5 Å². The van der Waals surface area contributed by atoms with E-state index >= 15 is 0 Å². The van der Waals surface area contributed by atoms with Gasteiger partial charge in [-0.3, -0.25) is 4.79 Å². The molecule has 0 heterocycles. The highest BCUT2D eigenvalue weighted by Crippen LogP contribution is 2.01. The SMILES string of the molecule is C[C@@H](N)C(=O)NCC(C)(N)CI. The van der Waals surface area contributed by atoms with Gasteiger partial charge in [-0.05, 0) is 13.8 Å². The number of nitrogens with two attached hydrogens (primary N) is 2. The highest BCUT2D eigenvalue weighted by atomic mass is 127. The molecule has 0 spiro atoms. The molecule has 0 bridgehead atoms. The number of carbonyl (C=O) groups is 1. The topological polar surface area (TPSA) is 81.1 Å². The fraction of sp³-hybridized carbons (Fsp3) is 0.857. The van der Waals surface area contributed by atoms with Gasteiger partial charge in [0.1, 0.15) is 0 Å². The molecule has 0 aliphatic carbocycles. The maximum Gasteiger partial charge on any atom is 0.236 e. The van der Waals surface area contributed by atoms with Gasteiger partial charge in [0, 0.05) is 16.5 Å². The highest BCUT2D eigenvalue weighted by molar-refractivity contribution is 14.1. The summed E-state index contributed by atoms with van der Waals surface area (Å²) in [5, 5.41) is 2.68. The number of alkyl halides is 1. The number of hydrogen-bond acceptors (Lipinski definition) is 3. The first-order chi connectivity index (χ1) is 5.39. The number of amides is 1. The molecule has 4 nitrogen and oxygen atoms in total. The molecule has 0 aromatic rings. The van der Waals surface area contributed by atoms with Gasteiger partial charge in [0.2, 0.25) is 5.91 Å². The Balaban J connectivity index is 3.76. The predicted octanol–water partition coefficient (Wildman–Crippen LogP) is -0.398. The molecule has 0 aromatic heterocycles. The Morgan fingerprint density at radius 1 is 1.75 bits per heavy atom. The first-order valence-corrected chi connectivity index (χ1v) is 5.30. The second-order valence-corrected chi connectivity index (χ2v) is 4.06. The normalized spacial score (nSPS) is 18.1. The van der Waals surface area contributed by atoms with E-state index in [0.29, 0.717) is 6.54 Å². The van der Waals surface area contributed by atoms with Crippen LogP contribution in [0.2, 0.25) is 0 Å². The first-order valence-electron chi connectivity index (χ1n) is 3.77. The zero-order valence-electron chi connectivity index (χ0n) is 7.43. The molecule has 0 saturated heterocycles.